The lowest BCUT2D eigenvalue weighted by molar-refractivity contribution is -0.124. The second-order valence-electron chi connectivity index (χ2n) is 9.49. The van der Waals surface area contributed by atoms with E-state index in [4.69, 9.17) is 0 Å². The molecule has 8 heteroatoms. The Kier molecular flexibility index (Phi) is 6.19. The Morgan fingerprint density at radius 1 is 1.11 bits per heavy atom. The number of hydrogen-bond acceptors (Lipinski definition) is 4. The standard InChI is InChI=1S/C27H31N5O3/c1-30(2)26(34)18-10-11-22-24(15-18)32(27(35)23-9-5-6-14-31(22)23)17-25(33)28-13-12-19-16-29-21-8-4-3-7-20(19)21/h3-4,7-8,10-11,15-16,23,29H,5-6,9,12-14,17H2,1-2H3,(H,28,33)/t23-/m0/s1. The maximum atomic E-state index is 13.5. The molecule has 2 aromatic carbocycles. The number of benzene rings is 2. The SMILES string of the molecule is CN(C)C(=O)c1ccc2c(c1)N(CC(=O)NCCc1c[nH]c3ccccc13)C(=O)[C@@H]1CCCCN21. The highest BCUT2D eigenvalue weighted by atomic mass is 16.2. The number of hydrogen-bond donors (Lipinski definition) is 2. The zero-order valence-corrected chi connectivity index (χ0v) is 20.2. The monoisotopic (exact) mass is 473 g/mol. The molecule has 0 spiro atoms. The minimum Gasteiger partial charge on any atom is -0.361 e. The summed E-state index contributed by atoms with van der Waals surface area (Å²) < 4.78 is 0. The number of nitrogens with one attached hydrogen (secondary N) is 2. The van der Waals surface area contributed by atoms with Crippen molar-refractivity contribution in [3.8, 4) is 0 Å². The van der Waals surface area contributed by atoms with Crippen molar-refractivity contribution in [1.29, 1.82) is 0 Å². The van der Waals surface area contributed by atoms with Gasteiger partial charge in [0.2, 0.25) is 11.8 Å². The summed E-state index contributed by atoms with van der Waals surface area (Å²) in [5, 5.41) is 4.13. The fourth-order valence-corrected chi connectivity index (χ4v) is 5.19. The number of carbonyl (C=O) groups excluding carboxylic acids is 3. The number of aromatic nitrogens is 1. The number of para-hydroxylation sites is 1. The van der Waals surface area contributed by atoms with E-state index in [1.54, 1.807) is 25.1 Å². The summed E-state index contributed by atoms with van der Waals surface area (Å²) in [6, 6.07) is 13.3. The van der Waals surface area contributed by atoms with Gasteiger partial charge in [0, 0.05) is 49.8 Å². The first-order valence-corrected chi connectivity index (χ1v) is 12.2. The van der Waals surface area contributed by atoms with E-state index >= 15 is 0 Å². The number of fused-ring (bicyclic) bond motifs is 4. The number of H-pyrrole nitrogens is 1. The minimum atomic E-state index is -0.259. The first-order valence-electron chi connectivity index (χ1n) is 12.2. The van der Waals surface area contributed by atoms with Crippen LogP contribution in [0.15, 0.2) is 48.7 Å². The van der Waals surface area contributed by atoms with E-state index in [2.05, 4.69) is 21.3 Å². The molecule has 35 heavy (non-hydrogen) atoms. The normalized spacial score (nSPS) is 17.2. The number of nitrogens with zero attached hydrogens (tertiary/aromatic N) is 3. The van der Waals surface area contributed by atoms with Crippen LogP contribution in [0.2, 0.25) is 0 Å². The van der Waals surface area contributed by atoms with E-state index < -0.39 is 0 Å². The smallest absolute Gasteiger partial charge is 0.253 e. The topological polar surface area (TPSA) is 88.7 Å². The van der Waals surface area contributed by atoms with Crippen LogP contribution in [-0.2, 0) is 16.0 Å². The zero-order valence-electron chi connectivity index (χ0n) is 20.2. The number of carbonyl (C=O) groups is 3. The lowest BCUT2D eigenvalue weighted by Crippen LogP contribution is -2.57. The average molecular weight is 474 g/mol. The van der Waals surface area contributed by atoms with Crippen molar-refractivity contribution in [3.63, 3.8) is 0 Å². The van der Waals surface area contributed by atoms with Gasteiger partial charge in [-0.05, 0) is 55.5 Å². The van der Waals surface area contributed by atoms with Gasteiger partial charge in [-0.15, -0.1) is 0 Å². The molecule has 2 N–H and O–H groups in total. The first-order chi connectivity index (χ1) is 16.9. The molecule has 0 saturated carbocycles. The summed E-state index contributed by atoms with van der Waals surface area (Å²) in [5.41, 5.74) is 4.26. The minimum absolute atomic E-state index is 0.0658. The molecule has 0 radical (unpaired) electrons. The number of anilines is 2. The molecule has 8 nitrogen and oxygen atoms in total. The van der Waals surface area contributed by atoms with Crippen LogP contribution in [0, 0.1) is 0 Å². The second-order valence-corrected chi connectivity index (χ2v) is 9.49. The molecule has 0 bridgehead atoms. The van der Waals surface area contributed by atoms with E-state index in [-0.39, 0.29) is 30.3 Å². The highest BCUT2D eigenvalue weighted by Crippen LogP contribution is 2.40. The molecule has 5 rings (SSSR count). The maximum Gasteiger partial charge on any atom is 0.253 e. The van der Waals surface area contributed by atoms with Crippen LogP contribution in [0.5, 0.6) is 0 Å². The fourth-order valence-electron chi connectivity index (χ4n) is 5.19. The molecule has 0 unspecified atom stereocenters. The van der Waals surface area contributed by atoms with Gasteiger partial charge < -0.3 is 20.1 Å². The third-order valence-corrected chi connectivity index (χ3v) is 6.98. The van der Waals surface area contributed by atoms with E-state index in [1.807, 2.05) is 36.5 Å². The number of rotatable bonds is 6. The summed E-state index contributed by atoms with van der Waals surface area (Å²) in [6.07, 6.45) is 5.45. The van der Waals surface area contributed by atoms with E-state index in [0.29, 0.717) is 24.2 Å². The number of amides is 3. The summed E-state index contributed by atoms with van der Waals surface area (Å²) in [7, 11) is 3.40. The van der Waals surface area contributed by atoms with Crippen molar-refractivity contribution in [2.75, 3.05) is 43.5 Å². The van der Waals surface area contributed by atoms with Crippen LogP contribution in [-0.4, -0.2) is 67.4 Å². The van der Waals surface area contributed by atoms with Gasteiger partial charge in [0.15, 0.2) is 0 Å². The third kappa shape index (κ3) is 4.36. The van der Waals surface area contributed by atoms with Gasteiger partial charge in [0.05, 0.1) is 11.4 Å². The van der Waals surface area contributed by atoms with Gasteiger partial charge in [-0.3, -0.25) is 19.3 Å². The van der Waals surface area contributed by atoms with Crippen LogP contribution >= 0.6 is 0 Å². The van der Waals surface area contributed by atoms with Crippen LogP contribution in [0.1, 0.15) is 35.2 Å². The highest BCUT2D eigenvalue weighted by Gasteiger charge is 2.40. The van der Waals surface area contributed by atoms with Crippen LogP contribution in [0.4, 0.5) is 11.4 Å². The number of aromatic amines is 1. The molecular formula is C27H31N5O3. The predicted molar refractivity (Wildman–Crippen MR) is 137 cm³/mol. The summed E-state index contributed by atoms with van der Waals surface area (Å²) >= 11 is 0. The molecule has 1 fully saturated rings. The van der Waals surface area contributed by atoms with Crippen molar-refractivity contribution in [1.82, 2.24) is 15.2 Å². The van der Waals surface area contributed by atoms with Crippen molar-refractivity contribution < 1.29 is 14.4 Å². The summed E-state index contributed by atoms with van der Waals surface area (Å²) in [4.78, 5) is 47.5. The molecule has 3 amide bonds. The molecule has 3 heterocycles. The molecule has 2 aliphatic heterocycles. The van der Waals surface area contributed by atoms with Crippen molar-refractivity contribution in [2.45, 2.75) is 31.7 Å². The first kappa shape index (κ1) is 23.0. The second kappa shape index (κ2) is 9.44. The lowest BCUT2D eigenvalue weighted by atomic mass is 9.95. The Morgan fingerprint density at radius 2 is 1.94 bits per heavy atom. The predicted octanol–water partition coefficient (Wildman–Crippen LogP) is 2.93. The number of piperidine rings is 1. The molecule has 1 atom stereocenters. The maximum absolute atomic E-state index is 13.5. The zero-order chi connectivity index (χ0) is 24.5. The average Bonchev–Trinajstić information content (AvgIpc) is 3.29. The Hall–Kier alpha value is -3.81. The van der Waals surface area contributed by atoms with Crippen LogP contribution < -0.4 is 15.1 Å². The largest absolute Gasteiger partial charge is 0.361 e. The quantitative estimate of drug-likeness (QED) is 0.576. The van der Waals surface area contributed by atoms with E-state index in [9.17, 15) is 14.4 Å². The lowest BCUT2D eigenvalue weighted by Gasteiger charge is -2.45. The van der Waals surface area contributed by atoms with E-state index in [1.165, 1.54) is 4.90 Å². The Labute approximate surface area is 204 Å². The van der Waals surface area contributed by atoms with Crippen LogP contribution in [0.3, 0.4) is 0 Å². The summed E-state index contributed by atoms with van der Waals surface area (Å²) in [5.74, 6) is -0.416. The molecule has 1 saturated heterocycles. The molecule has 1 aromatic heterocycles. The summed E-state index contributed by atoms with van der Waals surface area (Å²) in [6.45, 7) is 1.21. The van der Waals surface area contributed by atoms with Crippen molar-refractivity contribution in [2.24, 2.45) is 0 Å². The van der Waals surface area contributed by atoms with Gasteiger partial charge in [-0.25, -0.2) is 0 Å². The van der Waals surface area contributed by atoms with Gasteiger partial charge in [-0.1, -0.05) is 18.2 Å². The molecule has 0 aliphatic carbocycles. The molecule has 3 aromatic rings. The third-order valence-electron chi connectivity index (χ3n) is 6.98. The van der Waals surface area contributed by atoms with Crippen LogP contribution in [0.25, 0.3) is 10.9 Å². The van der Waals surface area contributed by atoms with Gasteiger partial charge >= 0.3 is 0 Å². The van der Waals surface area contributed by atoms with Crippen molar-refractivity contribution in [3.05, 3.63) is 59.8 Å². The molecular weight excluding hydrogens is 442 g/mol. The Bertz CT molecular complexity index is 1280. The highest BCUT2D eigenvalue weighted by molar-refractivity contribution is 6.09. The van der Waals surface area contributed by atoms with Gasteiger partial charge in [0.1, 0.15) is 12.6 Å². The fraction of sp³-hybridized carbons (Fsp3) is 0.370. The van der Waals surface area contributed by atoms with E-state index in [0.717, 1.165) is 48.0 Å². The van der Waals surface area contributed by atoms with Crippen molar-refractivity contribution >= 4 is 40.0 Å². The molecule has 182 valence electrons. The van der Waals surface area contributed by atoms with Gasteiger partial charge in [-0.2, -0.15) is 0 Å². The molecule has 2 aliphatic rings. The van der Waals surface area contributed by atoms with Gasteiger partial charge in [0.25, 0.3) is 5.91 Å². The Balaban J connectivity index is 1.34. The Morgan fingerprint density at radius 3 is 2.77 bits per heavy atom.